The molecule has 0 unspecified atom stereocenters. The highest BCUT2D eigenvalue weighted by molar-refractivity contribution is 7.89. The summed E-state index contributed by atoms with van der Waals surface area (Å²) in [5.74, 6) is -0.0423. The number of nitrogens with zero attached hydrogens (tertiary/aromatic N) is 1. The molecule has 2 aromatic rings. The monoisotopic (exact) mass is 382 g/mol. The summed E-state index contributed by atoms with van der Waals surface area (Å²) in [7, 11) is -3.61. The van der Waals surface area contributed by atoms with E-state index in [0.29, 0.717) is 25.2 Å². The van der Waals surface area contributed by atoms with Crippen molar-refractivity contribution in [3.05, 3.63) is 65.7 Å². The average Bonchev–Trinajstić information content (AvgIpc) is 3.12. The molecule has 2 heterocycles. The van der Waals surface area contributed by atoms with E-state index in [2.05, 4.69) is 5.32 Å². The predicted molar refractivity (Wildman–Crippen MR) is 106 cm³/mol. The van der Waals surface area contributed by atoms with Crippen molar-refractivity contribution in [3.63, 3.8) is 0 Å². The second-order valence-corrected chi connectivity index (χ2v) is 9.65. The number of hydrogen-bond acceptors (Lipinski definition) is 3. The molecule has 0 fully saturated rings. The molecule has 4 rings (SSSR count). The number of sulfonamides is 1. The molecule has 0 aromatic heterocycles. The number of rotatable bonds is 3. The highest BCUT2D eigenvalue weighted by Gasteiger charge is 2.35. The second kappa shape index (κ2) is 6.32. The minimum Gasteiger partial charge on any atom is -0.326 e. The Balaban J connectivity index is 1.64. The normalized spacial score (nSPS) is 19.3. The van der Waals surface area contributed by atoms with Crippen LogP contribution < -0.4 is 5.32 Å². The maximum Gasteiger partial charge on any atom is 0.243 e. The van der Waals surface area contributed by atoms with Crippen molar-refractivity contribution in [1.82, 2.24) is 4.31 Å². The molecule has 5 nitrogen and oxygen atoms in total. The molecule has 140 valence electrons. The lowest BCUT2D eigenvalue weighted by Crippen LogP contribution is -2.33. The summed E-state index contributed by atoms with van der Waals surface area (Å²) >= 11 is 0. The third-order valence-corrected chi connectivity index (χ3v) is 7.07. The van der Waals surface area contributed by atoms with Gasteiger partial charge >= 0.3 is 0 Å². The van der Waals surface area contributed by atoms with Gasteiger partial charge in [0, 0.05) is 30.6 Å². The number of carbonyl (C=O) groups excluding carboxylic acids is 1. The number of amides is 1. The van der Waals surface area contributed by atoms with Crippen LogP contribution in [-0.2, 0) is 20.2 Å². The van der Waals surface area contributed by atoms with Gasteiger partial charge in [0.05, 0.1) is 4.90 Å². The lowest BCUT2D eigenvalue weighted by molar-refractivity contribution is -0.117. The minimum atomic E-state index is -3.61. The zero-order valence-electron chi connectivity index (χ0n) is 15.4. The molecule has 0 saturated carbocycles. The van der Waals surface area contributed by atoms with Crippen LogP contribution in [0.1, 0.15) is 31.4 Å². The van der Waals surface area contributed by atoms with E-state index >= 15 is 0 Å². The van der Waals surface area contributed by atoms with Crippen molar-refractivity contribution in [2.45, 2.75) is 30.6 Å². The van der Waals surface area contributed by atoms with E-state index in [0.717, 1.165) is 16.7 Å². The van der Waals surface area contributed by atoms with Crippen LogP contribution >= 0.6 is 0 Å². The fourth-order valence-electron chi connectivity index (χ4n) is 3.77. The Bertz CT molecular complexity index is 1040. The summed E-state index contributed by atoms with van der Waals surface area (Å²) < 4.78 is 27.8. The van der Waals surface area contributed by atoms with Gasteiger partial charge in [-0.1, -0.05) is 50.3 Å². The van der Waals surface area contributed by atoms with E-state index in [1.165, 1.54) is 4.31 Å². The van der Waals surface area contributed by atoms with Crippen molar-refractivity contribution < 1.29 is 13.2 Å². The van der Waals surface area contributed by atoms with Crippen LogP contribution in [0.15, 0.2) is 59.5 Å². The van der Waals surface area contributed by atoms with Gasteiger partial charge in [-0.2, -0.15) is 4.31 Å². The SMILES string of the molecule is CC1(C)CC(=O)Nc2ccc(S(=O)(=O)N3CC=C(c4ccccc4)C3)cc21. The van der Waals surface area contributed by atoms with Crippen molar-refractivity contribution in [2.24, 2.45) is 0 Å². The van der Waals surface area contributed by atoms with E-state index in [1.807, 2.05) is 50.3 Å². The molecule has 0 aliphatic carbocycles. The molecular weight excluding hydrogens is 360 g/mol. The summed E-state index contributed by atoms with van der Waals surface area (Å²) in [5.41, 5.74) is 3.22. The van der Waals surface area contributed by atoms with E-state index in [4.69, 9.17) is 0 Å². The molecule has 0 saturated heterocycles. The number of benzene rings is 2. The number of anilines is 1. The molecule has 6 heteroatoms. The Morgan fingerprint density at radius 3 is 2.56 bits per heavy atom. The largest absolute Gasteiger partial charge is 0.326 e. The Morgan fingerprint density at radius 1 is 1.07 bits per heavy atom. The van der Waals surface area contributed by atoms with Gasteiger partial charge in [0.25, 0.3) is 0 Å². The summed E-state index contributed by atoms with van der Waals surface area (Å²) in [6.45, 7) is 4.66. The molecule has 0 atom stereocenters. The fourth-order valence-corrected chi connectivity index (χ4v) is 5.15. The molecule has 1 amide bonds. The number of carbonyl (C=O) groups is 1. The molecule has 2 aliphatic rings. The first-order chi connectivity index (χ1) is 12.8. The predicted octanol–water partition coefficient (Wildman–Crippen LogP) is 3.39. The van der Waals surface area contributed by atoms with E-state index in [-0.39, 0.29) is 10.8 Å². The first-order valence-corrected chi connectivity index (χ1v) is 10.4. The van der Waals surface area contributed by atoms with Crippen molar-refractivity contribution in [2.75, 3.05) is 18.4 Å². The van der Waals surface area contributed by atoms with E-state index in [1.54, 1.807) is 18.2 Å². The first-order valence-electron chi connectivity index (χ1n) is 8.96. The van der Waals surface area contributed by atoms with Crippen molar-refractivity contribution in [1.29, 1.82) is 0 Å². The van der Waals surface area contributed by atoms with Crippen LogP contribution in [0.4, 0.5) is 5.69 Å². The molecule has 2 aliphatic heterocycles. The Labute approximate surface area is 159 Å². The Hall–Kier alpha value is -2.44. The van der Waals surface area contributed by atoms with E-state index < -0.39 is 15.4 Å². The van der Waals surface area contributed by atoms with Gasteiger partial charge in [0.1, 0.15) is 0 Å². The maximum absolute atomic E-state index is 13.2. The fraction of sp³-hybridized carbons (Fsp3) is 0.286. The van der Waals surface area contributed by atoms with Crippen LogP contribution in [0, 0.1) is 0 Å². The molecule has 0 spiro atoms. The first kappa shape index (κ1) is 17.9. The zero-order chi connectivity index (χ0) is 19.2. The summed E-state index contributed by atoms with van der Waals surface area (Å²) in [6, 6.07) is 14.8. The Kier molecular flexibility index (Phi) is 4.20. The lowest BCUT2D eigenvalue weighted by atomic mass is 9.78. The quantitative estimate of drug-likeness (QED) is 0.885. The van der Waals surface area contributed by atoms with Gasteiger partial charge < -0.3 is 5.32 Å². The van der Waals surface area contributed by atoms with Crippen LogP contribution in [0.25, 0.3) is 5.57 Å². The van der Waals surface area contributed by atoms with Gasteiger partial charge in [-0.05, 0) is 34.9 Å². The molecule has 1 N–H and O–H groups in total. The highest BCUT2D eigenvalue weighted by atomic mass is 32.2. The standard InChI is InChI=1S/C21H22N2O3S/c1-21(2)13-20(24)22-19-9-8-17(12-18(19)21)27(25,26)23-11-10-16(14-23)15-6-4-3-5-7-15/h3-10,12H,11,13-14H2,1-2H3,(H,22,24). The summed E-state index contributed by atoms with van der Waals surface area (Å²) in [6.07, 6.45) is 2.31. The minimum absolute atomic E-state index is 0.0423. The smallest absolute Gasteiger partial charge is 0.243 e. The van der Waals surface area contributed by atoms with Crippen molar-refractivity contribution in [3.8, 4) is 0 Å². The number of fused-ring (bicyclic) bond motifs is 1. The van der Waals surface area contributed by atoms with Crippen LogP contribution in [-0.4, -0.2) is 31.7 Å². The third-order valence-electron chi connectivity index (χ3n) is 5.27. The van der Waals surface area contributed by atoms with Crippen LogP contribution in [0.5, 0.6) is 0 Å². The lowest BCUT2D eigenvalue weighted by Gasteiger charge is -2.32. The average molecular weight is 382 g/mol. The zero-order valence-corrected chi connectivity index (χ0v) is 16.2. The van der Waals surface area contributed by atoms with Gasteiger partial charge in [-0.15, -0.1) is 0 Å². The summed E-state index contributed by atoms with van der Waals surface area (Å²) in [4.78, 5) is 12.1. The molecular formula is C21H22N2O3S. The summed E-state index contributed by atoms with van der Waals surface area (Å²) in [5, 5.41) is 2.83. The second-order valence-electron chi connectivity index (χ2n) is 7.71. The van der Waals surface area contributed by atoms with Gasteiger partial charge in [0.15, 0.2) is 0 Å². The van der Waals surface area contributed by atoms with Gasteiger partial charge in [-0.3, -0.25) is 4.79 Å². The molecule has 0 radical (unpaired) electrons. The topological polar surface area (TPSA) is 66.5 Å². The molecule has 27 heavy (non-hydrogen) atoms. The number of nitrogens with one attached hydrogen (secondary N) is 1. The van der Waals surface area contributed by atoms with Crippen LogP contribution in [0.2, 0.25) is 0 Å². The highest BCUT2D eigenvalue weighted by Crippen LogP contribution is 2.39. The van der Waals surface area contributed by atoms with Crippen molar-refractivity contribution >= 4 is 27.2 Å². The van der Waals surface area contributed by atoms with Gasteiger partial charge in [-0.25, -0.2) is 8.42 Å². The maximum atomic E-state index is 13.2. The van der Waals surface area contributed by atoms with Gasteiger partial charge in [0.2, 0.25) is 15.9 Å². The molecule has 2 aromatic carbocycles. The third kappa shape index (κ3) is 3.19. The van der Waals surface area contributed by atoms with E-state index in [9.17, 15) is 13.2 Å². The number of hydrogen-bond donors (Lipinski definition) is 1. The van der Waals surface area contributed by atoms with Crippen LogP contribution in [0.3, 0.4) is 0 Å². The Morgan fingerprint density at radius 2 is 1.81 bits per heavy atom. The molecule has 0 bridgehead atoms.